The van der Waals surface area contributed by atoms with E-state index in [1.807, 2.05) is 55.5 Å². The molecule has 4 rings (SSSR count). The number of amides is 1. The van der Waals surface area contributed by atoms with Gasteiger partial charge in [-0.2, -0.15) is 5.10 Å². The van der Waals surface area contributed by atoms with Crippen LogP contribution in [-0.4, -0.2) is 54.4 Å². The van der Waals surface area contributed by atoms with Crippen molar-refractivity contribution in [3.05, 3.63) is 59.7 Å². The number of ether oxygens (including phenoxy) is 2. The monoisotopic (exact) mass is 435 g/mol. The zero-order valence-electron chi connectivity index (χ0n) is 19.3. The number of hydrogen-bond donors (Lipinski definition) is 0. The van der Waals surface area contributed by atoms with Crippen molar-refractivity contribution in [2.24, 2.45) is 5.10 Å². The van der Waals surface area contributed by atoms with E-state index in [-0.39, 0.29) is 11.9 Å². The van der Waals surface area contributed by atoms with Crippen LogP contribution in [0.2, 0.25) is 0 Å². The lowest BCUT2D eigenvalue weighted by atomic mass is 9.98. The van der Waals surface area contributed by atoms with Crippen LogP contribution >= 0.6 is 0 Å². The number of likely N-dealkylation sites (tertiary alicyclic amines) is 1. The summed E-state index contributed by atoms with van der Waals surface area (Å²) in [6.45, 7) is 6.20. The minimum atomic E-state index is -0.125. The Bertz CT molecular complexity index is 957. The van der Waals surface area contributed by atoms with Crippen molar-refractivity contribution < 1.29 is 14.3 Å². The van der Waals surface area contributed by atoms with Gasteiger partial charge in [0.1, 0.15) is 11.5 Å². The van der Waals surface area contributed by atoms with Gasteiger partial charge in [0, 0.05) is 18.0 Å². The molecular weight excluding hydrogens is 402 g/mol. The number of carbonyl (C=O) groups excluding carboxylic acids is 1. The molecule has 0 spiro atoms. The molecule has 1 fully saturated rings. The molecule has 6 heteroatoms. The predicted octanol–water partition coefficient (Wildman–Crippen LogP) is 4.65. The lowest BCUT2D eigenvalue weighted by Gasteiger charge is -2.34. The van der Waals surface area contributed by atoms with Crippen LogP contribution in [0, 0.1) is 0 Å². The lowest BCUT2D eigenvalue weighted by Crippen LogP contribution is -2.44. The Balaban J connectivity index is 1.60. The van der Waals surface area contributed by atoms with Crippen LogP contribution in [0.15, 0.2) is 53.6 Å². The molecule has 1 amide bonds. The number of hydrazone groups is 1. The highest BCUT2D eigenvalue weighted by atomic mass is 16.5. The number of carbonyl (C=O) groups is 1. The van der Waals surface area contributed by atoms with Crippen molar-refractivity contribution >= 4 is 11.6 Å². The second-order valence-corrected chi connectivity index (χ2v) is 8.55. The Morgan fingerprint density at radius 3 is 2.66 bits per heavy atom. The van der Waals surface area contributed by atoms with E-state index in [9.17, 15) is 4.79 Å². The van der Waals surface area contributed by atoms with Gasteiger partial charge in [0.25, 0.3) is 5.91 Å². The van der Waals surface area contributed by atoms with Crippen LogP contribution in [0.25, 0.3) is 0 Å². The van der Waals surface area contributed by atoms with Gasteiger partial charge in [-0.25, -0.2) is 5.01 Å². The Morgan fingerprint density at radius 2 is 1.94 bits per heavy atom. The van der Waals surface area contributed by atoms with E-state index in [1.165, 1.54) is 6.42 Å². The largest absolute Gasteiger partial charge is 0.497 e. The van der Waals surface area contributed by atoms with Gasteiger partial charge in [-0.15, -0.1) is 0 Å². The molecule has 2 heterocycles. The molecule has 0 radical (unpaired) electrons. The van der Waals surface area contributed by atoms with Gasteiger partial charge in [0.15, 0.2) is 0 Å². The summed E-state index contributed by atoms with van der Waals surface area (Å²) in [6.07, 6.45) is 4.21. The molecule has 0 aliphatic carbocycles. The first-order valence-corrected chi connectivity index (χ1v) is 11.6. The maximum absolute atomic E-state index is 13.4. The molecule has 0 bridgehead atoms. The quantitative estimate of drug-likeness (QED) is 0.635. The minimum Gasteiger partial charge on any atom is -0.497 e. The van der Waals surface area contributed by atoms with Crippen LogP contribution in [0.5, 0.6) is 11.5 Å². The molecule has 0 aromatic heterocycles. The van der Waals surface area contributed by atoms with Crippen LogP contribution in [-0.2, 0) is 4.79 Å². The second kappa shape index (κ2) is 10.2. The highest BCUT2D eigenvalue weighted by Crippen LogP contribution is 2.34. The van der Waals surface area contributed by atoms with Gasteiger partial charge >= 0.3 is 0 Å². The van der Waals surface area contributed by atoms with E-state index in [0.29, 0.717) is 25.6 Å². The molecule has 2 unspecified atom stereocenters. The molecule has 2 aromatic carbocycles. The third kappa shape index (κ3) is 4.96. The van der Waals surface area contributed by atoms with Crippen LogP contribution in [0.3, 0.4) is 0 Å². The second-order valence-electron chi connectivity index (χ2n) is 8.55. The number of nitrogens with zero attached hydrogens (tertiary/aromatic N) is 3. The van der Waals surface area contributed by atoms with Crippen molar-refractivity contribution in [3.8, 4) is 11.5 Å². The van der Waals surface area contributed by atoms with Crippen molar-refractivity contribution in [2.45, 2.75) is 51.6 Å². The fourth-order valence-corrected chi connectivity index (χ4v) is 4.57. The number of rotatable bonds is 7. The molecule has 1 saturated heterocycles. The summed E-state index contributed by atoms with van der Waals surface area (Å²) in [5.41, 5.74) is 2.96. The first kappa shape index (κ1) is 22.3. The van der Waals surface area contributed by atoms with E-state index in [0.717, 1.165) is 47.7 Å². The smallest absolute Gasteiger partial charge is 0.257 e. The number of piperidine rings is 1. The highest BCUT2D eigenvalue weighted by molar-refractivity contribution is 6.03. The summed E-state index contributed by atoms with van der Waals surface area (Å²) < 4.78 is 11.0. The fraction of sp³-hybridized carbons (Fsp3) is 0.462. The fourth-order valence-electron chi connectivity index (χ4n) is 4.57. The Labute approximate surface area is 190 Å². The Kier molecular flexibility index (Phi) is 7.10. The molecular formula is C26H33N3O3. The van der Waals surface area contributed by atoms with Crippen LogP contribution in [0.4, 0.5) is 0 Å². The highest BCUT2D eigenvalue weighted by Gasteiger charge is 2.34. The first-order chi connectivity index (χ1) is 15.6. The van der Waals surface area contributed by atoms with E-state index in [2.05, 4.69) is 11.8 Å². The Morgan fingerprint density at radius 1 is 1.12 bits per heavy atom. The molecule has 2 atom stereocenters. The third-order valence-corrected chi connectivity index (χ3v) is 6.42. The topological polar surface area (TPSA) is 54.4 Å². The van der Waals surface area contributed by atoms with E-state index in [4.69, 9.17) is 14.6 Å². The summed E-state index contributed by atoms with van der Waals surface area (Å²) >= 11 is 0. The number of benzene rings is 2. The number of hydrogen-bond acceptors (Lipinski definition) is 5. The lowest BCUT2D eigenvalue weighted by molar-refractivity contribution is -0.135. The summed E-state index contributed by atoms with van der Waals surface area (Å²) in [5, 5.41) is 6.53. The predicted molar refractivity (Wildman–Crippen MR) is 126 cm³/mol. The minimum absolute atomic E-state index is 0.0514. The molecule has 32 heavy (non-hydrogen) atoms. The van der Waals surface area contributed by atoms with Crippen molar-refractivity contribution in [1.29, 1.82) is 0 Å². The molecule has 0 saturated carbocycles. The van der Waals surface area contributed by atoms with Crippen LogP contribution in [0.1, 0.15) is 56.7 Å². The summed E-state index contributed by atoms with van der Waals surface area (Å²) in [5.74, 6) is 1.67. The SMILES string of the molecule is CCOc1ccc(C2CC(c3cccc(OC)c3)=NN2C(=O)CN2CCCCC2C)cc1. The van der Waals surface area contributed by atoms with Gasteiger partial charge in [-0.05, 0) is 63.1 Å². The van der Waals surface area contributed by atoms with Crippen molar-refractivity contribution in [3.63, 3.8) is 0 Å². The van der Waals surface area contributed by atoms with Crippen molar-refractivity contribution in [1.82, 2.24) is 9.91 Å². The van der Waals surface area contributed by atoms with Gasteiger partial charge < -0.3 is 9.47 Å². The van der Waals surface area contributed by atoms with Gasteiger partial charge in [-0.3, -0.25) is 9.69 Å². The normalized spacial score (nSPS) is 21.3. The summed E-state index contributed by atoms with van der Waals surface area (Å²) in [4.78, 5) is 15.7. The molecule has 2 aliphatic rings. The van der Waals surface area contributed by atoms with E-state index in [1.54, 1.807) is 12.1 Å². The van der Waals surface area contributed by atoms with Gasteiger partial charge in [0.05, 0.1) is 32.0 Å². The van der Waals surface area contributed by atoms with Gasteiger partial charge in [-0.1, -0.05) is 30.7 Å². The Hall–Kier alpha value is -2.86. The molecule has 0 N–H and O–H groups in total. The maximum atomic E-state index is 13.4. The average Bonchev–Trinajstić information content (AvgIpc) is 3.27. The molecule has 2 aliphatic heterocycles. The standard InChI is InChI=1S/C26H33N3O3/c1-4-32-22-13-11-20(12-14-22)25-17-24(21-9-7-10-23(16-21)31-3)27-29(25)26(30)18-28-15-6-5-8-19(28)2/h7,9-14,16,19,25H,4-6,8,15,17-18H2,1-3H3. The summed E-state index contributed by atoms with van der Waals surface area (Å²) in [6, 6.07) is 16.2. The first-order valence-electron chi connectivity index (χ1n) is 11.6. The third-order valence-electron chi connectivity index (χ3n) is 6.42. The zero-order chi connectivity index (χ0) is 22.5. The zero-order valence-corrected chi connectivity index (χ0v) is 19.3. The van der Waals surface area contributed by atoms with Crippen LogP contribution < -0.4 is 9.47 Å². The molecule has 170 valence electrons. The van der Waals surface area contributed by atoms with Crippen molar-refractivity contribution in [2.75, 3.05) is 26.8 Å². The van der Waals surface area contributed by atoms with E-state index < -0.39 is 0 Å². The average molecular weight is 436 g/mol. The maximum Gasteiger partial charge on any atom is 0.257 e. The number of methoxy groups -OCH3 is 1. The van der Waals surface area contributed by atoms with Gasteiger partial charge in [0.2, 0.25) is 0 Å². The molecule has 2 aromatic rings. The molecule has 6 nitrogen and oxygen atoms in total. The summed E-state index contributed by atoms with van der Waals surface area (Å²) in [7, 11) is 1.66. The van der Waals surface area contributed by atoms with E-state index >= 15 is 0 Å².